The Kier molecular flexibility index (Phi) is 6.93. The Morgan fingerprint density at radius 2 is 2.00 bits per heavy atom. The van der Waals surface area contributed by atoms with Crippen LogP contribution in [0, 0.1) is 0 Å². The van der Waals surface area contributed by atoms with E-state index in [9.17, 15) is 9.90 Å². The third-order valence-electron chi connectivity index (χ3n) is 6.15. The second kappa shape index (κ2) is 9.67. The molecule has 2 saturated heterocycles. The number of hydrogen-bond donors (Lipinski definition) is 1. The third kappa shape index (κ3) is 3.99. The van der Waals surface area contributed by atoms with Gasteiger partial charge in [-0.1, -0.05) is 12.1 Å². The molecule has 0 spiro atoms. The minimum absolute atomic E-state index is 0.184. The molecule has 1 N–H and O–H groups in total. The maximum atomic E-state index is 14.0. The zero-order valence-electron chi connectivity index (χ0n) is 18.2. The lowest BCUT2D eigenvalue weighted by atomic mass is 9.92. The van der Waals surface area contributed by atoms with Gasteiger partial charge in [-0.2, -0.15) is 0 Å². The molecule has 2 unspecified atom stereocenters. The summed E-state index contributed by atoms with van der Waals surface area (Å²) < 4.78 is 23.9. The molecule has 3 aliphatic rings. The smallest absolute Gasteiger partial charge is 0.310 e. The number of allylic oxidation sites excluding steroid dienone is 1. The highest BCUT2D eigenvalue weighted by Gasteiger charge is 2.57. The van der Waals surface area contributed by atoms with Crippen molar-refractivity contribution in [1.29, 1.82) is 0 Å². The van der Waals surface area contributed by atoms with Crippen molar-refractivity contribution >= 4 is 11.5 Å². The largest absolute Gasteiger partial charge is 0.445 e. The molecule has 31 heavy (non-hydrogen) atoms. The maximum absolute atomic E-state index is 14.0. The van der Waals surface area contributed by atoms with Crippen LogP contribution in [0.1, 0.15) is 35.7 Å². The second-order valence-electron chi connectivity index (χ2n) is 7.94. The summed E-state index contributed by atoms with van der Waals surface area (Å²) in [4.78, 5) is 18.1. The van der Waals surface area contributed by atoms with E-state index in [0.717, 1.165) is 37.2 Å². The molecular formula is C23H32N2O6. The van der Waals surface area contributed by atoms with Crippen LogP contribution in [0.3, 0.4) is 0 Å². The summed E-state index contributed by atoms with van der Waals surface area (Å²) in [6, 6.07) is 3.99. The van der Waals surface area contributed by atoms with Crippen molar-refractivity contribution in [2.24, 2.45) is 0 Å². The number of hydrogen-bond acceptors (Lipinski definition) is 8. The first kappa shape index (κ1) is 22.2. The number of ether oxygens (including phenoxy) is 4. The van der Waals surface area contributed by atoms with Gasteiger partial charge in [-0.25, -0.2) is 4.90 Å². The Morgan fingerprint density at radius 3 is 2.65 bits per heavy atom. The second-order valence-corrected chi connectivity index (χ2v) is 7.94. The van der Waals surface area contributed by atoms with Gasteiger partial charge in [-0.3, -0.25) is 9.53 Å². The summed E-state index contributed by atoms with van der Waals surface area (Å²) in [5.74, 6) is -1.25. The van der Waals surface area contributed by atoms with Crippen molar-refractivity contribution in [3.05, 3.63) is 35.9 Å². The minimum atomic E-state index is -1.56. The Bertz CT molecular complexity index is 804. The first-order valence-electron chi connectivity index (χ1n) is 11.1. The molecule has 0 bridgehead atoms. The Hall–Kier alpha value is -1.97. The fraction of sp³-hybridized carbons (Fsp3) is 0.609. The van der Waals surface area contributed by atoms with E-state index in [1.807, 2.05) is 24.0 Å². The molecule has 3 heterocycles. The number of carbonyl (C=O) groups excluding carboxylic acids is 1. The van der Waals surface area contributed by atoms with Crippen molar-refractivity contribution in [3.8, 4) is 5.75 Å². The van der Waals surface area contributed by atoms with Gasteiger partial charge >= 0.3 is 5.91 Å². The molecule has 0 radical (unpaired) electrons. The van der Waals surface area contributed by atoms with Crippen molar-refractivity contribution in [2.45, 2.75) is 38.2 Å². The summed E-state index contributed by atoms with van der Waals surface area (Å²) in [6.07, 6.45) is 3.50. The number of nitrogens with zero attached hydrogens (tertiary/aromatic N) is 2. The predicted octanol–water partition coefficient (Wildman–Crippen LogP) is 1.95. The van der Waals surface area contributed by atoms with Crippen LogP contribution in [0.25, 0.3) is 0 Å². The Morgan fingerprint density at radius 1 is 1.26 bits per heavy atom. The monoisotopic (exact) mass is 432 g/mol. The molecular weight excluding hydrogens is 400 g/mol. The number of aliphatic hydroxyl groups is 1. The number of carbonyl (C=O) groups is 1. The maximum Gasteiger partial charge on any atom is 0.310 e. The first-order valence-corrected chi connectivity index (χ1v) is 11.1. The SMILES string of the molecule is C=CCc1ccc(N2CCCC2)c2c1OC(OCO)(N1CCOCC1)C(OCC)C2=O. The molecule has 0 amide bonds. The molecule has 4 rings (SSSR count). The molecule has 8 heteroatoms. The molecule has 2 fully saturated rings. The van der Waals surface area contributed by atoms with Gasteiger partial charge in [0.05, 0.1) is 24.5 Å². The van der Waals surface area contributed by atoms with E-state index in [4.69, 9.17) is 18.9 Å². The van der Waals surface area contributed by atoms with E-state index in [-0.39, 0.29) is 5.78 Å². The van der Waals surface area contributed by atoms with Crippen LogP contribution in [0.2, 0.25) is 0 Å². The number of Topliss-reactive ketones (excluding diaryl/α,β-unsaturated/α-hetero) is 1. The standard InChI is InChI=1S/C23H32N2O6/c1-3-7-17-8-9-18(24-10-5-6-11-24)19-20(27)22(29-4-2)23(30-16-26,31-21(17)19)25-12-14-28-15-13-25/h3,8-9,22,26H,1,4-7,10-16H2,2H3. The normalized spacial score (nSPS) is 26.6. The molecule has 1 aromatic carbocycles. The number of anilines is 1. The van der Waals surface area contributed by atoms with Gasteiger partial charge in [0.2, 0.25) is 11.9 Å². The molecule has 8 nitrogen and oxygen atoms in total. The van der Waals surface area contributed by atoms with Crippen molar-refractivity contribution in [2.75, 3.05) is 57.7 Å². The van der Waals surface area contributed by atoms with Crippen molar-refractivity contribution in [3.63, 3.8) is 0 Å². The van der Waals surface area contributed by atoms with E-state index >= 15 is 0 Å². The summed E-state index contributed by atoms with van der Waals surface area (Å²) in [5.41, 5.74) is 2.26. The lowest BCUT2D eigenvalue weighted by Crippen LogP contribution is -2.69. The molecule has 170 valence electrons. The van der Waals surface area contributed by atoms with E-state index in [0.29, 0.717) is 50.6 Å². The summed E-state index contributed by atoms with van der Waals surface area (Å²) in [5, 5.41) is 9.78. The molecule has 1 aromatic rings. The Balaban J connectivity index is 1.87. The summed E-state index contributed by atoms with van der Waals surface area (Å²) in [6.45, 7) is 9.15. The molecule has 2 atom stereocenters. The van der Waals surface area contributed by atoms with Crippen molar-refractivity contribution in [1.82, 2.24) is 4.90 Å². The average Bonchev–Trinajstić information content (AvgIpc) is 3.32. The van der Waals surface area contributed by atoms with E-state index in [2.05, 4.69) is 11.5 Å². The van der Waals surface area contributed by atoms with Gasteiger partial charge in [0.25, 0.3) is 0 Å². The fourth-order valence-electron chi connectivity index (χ4n) is 4.75. The lowest BCUT2D eigenvalue weighted by molar-refractivity contribution is -0.341. The fourth-order valence-corrected chi connectivity index (χ4v) is 4.75. The van der Waals surface area contributed by atoms with Crippen LogP contribution < -0.4 is 9.64 Å². The highest BCUT2D eigenvalue weighted by molar-refractivity contribution is 6.08. The minimum Gasteiger partial charge on any atom is -0.445 e. The van der Waals surface area contributed by atoms with Crippen LogP contribution in [-0.4, -0.2) is 80.6 Å². The predicted molar refractivity (Wildman–Crippen MR) is 115 cm³/mol. The number of morpholine rings is 1. The number of rotatable bonds is 8. The van der Waals surface area contributed by atoms with Crippen molar-refractivity contribution < 1.29 is 28.8 Å². The molecule has 0 aliphatic carbocycles. The van der Waals surface area contributed by atoms with Crippen LogP contribution >= 0.6 is 0 Å². The van der Waals surface area contributed by atoms with Crippen LogP contribution in [0.4, 0.5) is 5.69 Å². The zero-order valence-corrected chi connectivity index (χ0v) is 18.2. The average molecular weight is 433 g/mol. The van der Waals surface area contributed by atoms with Gasteiger partial charge < -0.3 is 24.2 Å². The third-order valence-corrected chi connectivity index (χ3v) is 6.15. The zero-order chi connectivity index (χ0) is 21.8. The lowest BCUT2D eigenvalue weighted by Gasteiger charge is -2.49. The van der Waals surface area contributed by atoms with Gasteiger partial charge in [0, 0.05) is 32.8 Å². The highest BCUT2D eigenvalue weighted by Crippen LogP contribution is 2.45. The number of fused-ring (bicyclic) bond motifs is 1. The van der Waals surface area contributed by atoms with Crippen LogP contribution in [-0.2, 0) is 20.6 Å². The number of aliphatic hydroxyl groups excluding tert-OH is 1. The number of ketones is 1. The van der Waals surface area contributed by atoms with E-state index in [1.54, 1.807) is 6.08 Å². The van der Waals surface area contributed by atoms with Crippen LogP contribution in [0.15, 0.2) is 24.8 Å². The van der Waals surface area contributed by atoms with Gasteiger partial charge in [0.15, 0.2) is 0 Å². The summed E-state index contributed by atoms with van der Waals surface area (Å²) >= 11 is 0. The van der Waals surface area contributed by atoms with Crippen LogP contribution in [0.5, 0.6) is 5.75 Å². The van der Waals surface area contributed by atoms with E-state index < -0.39 is 18.8 Å². The topological polar surface area (TPSA) is 80.7 Å². The van der Waals surface area contributed by atoms with Gasteiger partial charge in [-0.15, -0.1) is 6.58 Å². The van der Waals surface area contributed by atoms with Gasteiger partial charge in [0.1, 0.15) is 12.5 Å². The Labute approximate surface area is 183 Å². The summed E-state index contributed by atoms with van der Waals surface area (Å²) in [7, 11) is 0. The molecule has 0 aromatic heterocycles. The first-order chi connectivity index (χ1) is 15.2. The van der Waals surface area contributed by atoms with E-state index in [1.165, 1.54) is 0 Å². The highest BCUT2D eigenvalue weighted by atomic mass is 16.8. The molecule has 3 aliphatic heterocycles. The quantitative estimate of drug-likeness (QED) is 0.493. The molecule has 0 saturated carbocycles. The van der Waals surface area contributed by atoms with Gasteiger partial charge in [-0.05, 0) is 37.8 Å². The number of benzene rings is 1.